The predicted molar refractivity (Wildman–Crippen MR) is 47.6 cm³/mol. The van der Waals surface area contributed by atoms with Crippen LogP contribution in [0.3, 0.4) is 0 Å². The summed E-state index contributed by atoms with van der Waals surface area (Å²) >= 11 is 0. The van der Waals surface area contributed by atoms with Crippen LogP contribution in [0.25, 0.3) is 0 Å². The summed E-state index contributed by atoms with van der Waals surface area (Å²) in [5.74, 6) is 0. The summed E-state index contributed by atoms with van der Waals surface area (Å²) in [6.07, 6.45) is 13.9. The topological polar surface area (TPSA) is 12.4 Å². The van der Waals surface area contributed by atoms with Crippen LogP contribution < -0.4 is 0 Å². The number of nitrogens with zero attached hydrogens (tertiary/aromatic N) is 1. The van der Waals surface area contributed by atoms with Crippen molar-refractivity contribution in [2.45, 2.75) is 19.3 Å². The molecule has 2 rings (SSSR count). The summed E-state index contributed by atoms with van der Waals surface area (Å²) in [5.41, 5.74) is 2.57. The maximum atomic E-state index is 4.36. The molecule has 0 fully saturated rings. The summed E-state index contributed by atoms with van der Waals surface area (Å²) < 4.78 is 0. The molecule has 11 heavy (non-hydrogen) atoms. The van der Waals surface area contributed by atoms with E-state index >= 15 is 0 Å². The molecule has 56 valence electrons. The van der Waals surface area contributed by atoms with Gasteiger partial charge >= 0.3 is 0 Å². The van der Waals surface area contributed by atoms with Crippen LogP contribution >= 0.6 is 0 Å². The van der Waals surface area contributed by atoms with Crippen LogP contribution in [-0.4, -0.2) is 5.71 Å². The Bertz CT molecular complexity index is 267. The monoisotopic (exact) mass is 145 g/mol. The minimum Gasteiger partial charge on any atom is -0.261 e. The maximum absolute atomic E-state index is 4.36. The minimum atomic E-state index is 1.02. The van der Waals surface area contributed by atoms with Gasteiger partial charge in [-0.05, 0) is 24.8 Å². The normalized spacial score (nSPS) is 21.8. The average molecular weight is 145 g/mol. The molecule has 1 heterocycles. The molecule has 0 saturated carbocycles. The van der Waals surface area contributed by atoms with E-state index in [1.54, 1.807) is 0 Å². The zero-order valence-electron chi connectivity index (χ0n) is 6.46. The zero-order chi connectivity index (χ0) is 7.52. The Morgan fingerprint density at radius 2 is 2.27 bits per heavy atom. The standard InChI is InChI=1S/C10H11N/c1-2-7-10-9(5-1)6-3-4-8-11-10/h1,4-6,8H,2-3,7H2. The van der Waals surface area contributed by atoms with Gasteiger partial charge in [-0.3, -0.25) is 4.99 Å². The average Bonchev–Trinajstić information content (AvgIpc) is 2.28. The van der Waals surface area contributed by atoms with Gasteiger partial charge in [-0.15, -0.1) is 0 Å². The van der Waals surface area contributed by atoms with E-state index in [4.69, 9.17) is 0 Å². The smallest absolute Gasteiger partial charge is 0.0475 e. The fraction of sp³-hybridized carbons (Fsp3) is 0.300. The first-order valence-electron chi connectivity index (χ1n) is 4.05. The largest absolute Gasteiger partial charge is 0.261 e. The Morgan fingerprint density at radius 1 is 1.27 bits per heavy atom. The lowest BCUT2D eigenvalue weighted by molar-refractivity contribution is 1.07. The van der Waals surface area contributed by atoms with Crippen LogP contribution in [0, 0.1) is 0 Å². The molecule has 0 unspecified atom stereocenters. The summed E-state index contributed by atoms with van der Waals surface area (Å²) in [4.78, 5) is 4.36. The molecule has 0 aromatic rings. The molecule has 1 heteroatoms. The first-order valence-corrected chi connectivity index (χ1v) is 4.05. The molecule has 0 aromatic heterocycles. The Hall–Kier alpha value is -1.11. The van der Waals surface area contributed by atoms with Crippen molar-refractivity contribution >= 4 is 5.71 Å². The fourth-order valence-corrected chi connectivity index (χ4v) is 1.39. The van der Waals surface area contributed by atoms with Crippen molar-refractivity contribution in [1.82, 2.24) is 0 Å². The molecular weight excluding hydrogens is 134 g/mol. The van der Waals surface area contributed by atoms with E-state index in [-0.39, 0.29) is 0 Å². The van der Waals surface area contributed by atoms with E-state index < -0.39 is 0 Å². The van der Waals surface area contributed by atoms with Crippen LogP contribution in [0.4, 0.5) is 0 Å². The number of hydrogen-bond acceptors (Lipinski definition) is 1. The molecule has 1 aliphatic heterocycles. The van der Waals surface area contributed by atoms with E-state index in [9.17, 15) is 0 Å². The lowest BCUT2D eigenvalue weighted by atomic mass is 9.99. The highest BCUT2D eigenvalue weighted by molar-refractivity contribution is 6.03. The van der Waals surface area contributed by atoms with Crippen molar-refractivity contribution in [2.24, 2.45) is 4.99 Å². The predicted octanol–water partition coefficient (Wildman–Crippen LogP) is 2.62. The van der Waals surface area contributed by atoms with E-state index in [0.29, 0.717) is 0 Å². The quantitative estimate of drug-likeness (QED) is 0.497. The molecule has 1 nitrogen and oxygen atoms in total. The molecular formula is C10H11N. The van der Waals surface area contributed by atoms with Gasteiger partial charge < -0.3 is 0 Å². The summed E-state index contributed by atoms with van der Waals surface area (Å²) in [7, 11) is 0. The summed E-state index contributed by atoms with van der Waals surface area (Å²) in [6.45, 7) is 0. The van der Waals surface area contributed by atoms with Gasteiger partial charge in [-0.25, -0.2) is 0 Å². The first-order chi connectivity index (χ1) is 5.47. The molecule has 0 N–H and O–H groups in total. The third-order valence-electron chi connectivity index (χ3n) is 1.99. The molecule has 2 aliphatic rings. The van der Waals surface area contributed by atoms with E-state index in [1.807, 2.05) is 6.20 Å². The van der Waals surface area contributed by atoms with E-state index in [1.165, 1.54) is 11.3 Å². The second-order valence-electron chi connectivity index (χ2n) is 2.80. The number of rotatable bonds is 0. The van der Waals surface area contributed by atoms with Gasteiger partial charge in [0.2, 0.25) is 0 Å². The number of fused-ring (bicyclic) bond motifs is 1. The lowest BCUT2D eigenvalue weighted by Gasteiger charge is -2.08. The third kappa shape index (κ3) is 1.32. The van der Waals surface area contributed by atoms with Crippen LogP contribution in [0.5, 0.6) is 0 Å². The summed E-state index contributed by atoms with van der Waals surface area (Å²) in [5, 5.41) is 0. The van der Waals surface area contributed by atoms with Crippen molar-refractivity contribution in [3.8, 4) is 0 Å². The van der Waals surface area contributed by atoms with Crippen molar-refractivity contribution in [3.05, 3.63) is 36.1 Å². The van der Waals surface area contributed by atoms with Crippen molar-refractivity contribution in [3.63, 3.8) is 0 Å². The Balaban J connectivity index is 2.37. The lowest BCUT2D eigenvalue weighted by Crippen LogP contribution is -2.03. The second kappa shape index (κ2) is 2.87. The molecule has 0 amide bonds. The van der Waals surface area contributed by atoms with Gasteiger partial charge in [0.05, 0.1) is 0 Å². The highest BCUT2D eigenvalue weighted by Crippen LogP contribution is 2.16. The van der Waals surface area contributed by atoms with Gasteiger partial charge in [-0.2, -0.15) is 0 Å². The Labute approximate surface area is 66.8 Å². The number of allylic oxidation sites excluding steroid dienone is 5. The van der Waals surface area contributed by atoms with Gasteiger partial charge in [0.15, 0.2) is 0 Å². The number of hydrogen-bond donors (Lipinski definition) is 0. The van der Waals surface area contributed by atoms with Crippen LogP contribution in [0.15, 0.2) is 41.1 Å². The first kappa shape index (κ1) is 6.59. The Morgan fingerprint density at radius 3 is 3.27 bits per heavy atom. The van der Waals surface area contributed by atoms with E-state index in [2.05, 4.69) is 29.3 Å². The number of aliphatic imine (C=N–C) groups is 1. The highest BCUT2D eigenvalue weighted by Gasteiger charge is 2.07. The molecule has 0 aromatic carbocycles. The second-order valence-corrected chi connectivity index (χ2v) is 2.80. The fourth-order valence-electron chi connectivity index (χ4n) is 1.39. The van der Waals surface area contributed by atoms with Crippen molar-refractivity contribution in [2.75, 3.05) is 0 Å². The third-order valence-corrected chi connectivity index (χ3v) is 1.99. The molecule has 0 atom stereocenters. The summed E-state index contributed by atoms with van der Waals surface area (Å²) in [6, 6.07) is 0. The van der Waals surface area contributed by atoms with Crippen LogP contribution in [0.1, 0.15) is 19.3 Å². The molecule has 0 radical (unpaired) electrons. The van der Waals surface area contributed by atoms with Crippen LogP contribution in [0.2, 0.25) is 0 Å². The SMILES string of the molecule is C1=CN=C2CCC=CC2=CC1. The molecule has 0 saturated heterocycles. The highest BCUT2D eigenvalue weighted by atomic mass is 14.7. The van der Waals surface area contributed by atoms with Crippen molar-refractivity contribution in [1.29, 1.82) is 0 Å². The molecule has 0 spiro atoms. The van der Waals surface area contributed by atoms with Crippen molar-refractivity contribution < 1.29 is 0 Å². The van der Waals surface area contributed by atoms with Gasteiger partial charge in [0, 0.05) is 11.9 Å². The van der Waals surface area contributed by atoms with Gasteiger partial charge in [-0.1, -0.05) is 24.3 Å². The van der Waals surface area contributed by atoms with E-state index in [0.717, 1.165) is 19.3 Å². The van der Waals surface area contributed by atoms with Crippen LogP contribution in [-0.2, 0) is 0 Å². The van der Waals surface area contributed by atoms with Gasteiger partial charge in [0.25, 0.3) is 0 Å². The zero-order valence-corrected chi connectivity index (χ0v) is 6.46. The maximum Gasteiger partial charge on any atom is 0.0475 e. The Kier molecular flexibility index (Phi) is 1.72. The molecule has 1 aliphatic carbocycles. The molecule has 0 bridgehead atoms. The minimum absolute atomic E-state index is 1.02. The van der Waals surface area contributed by atoms with Gasteiger partial charge in [0.1, 0.15) is 0 Å².